The molecule has 4 aliphatic rings. The average molecular weight is 485 g/mol. The van der Waals surface area contributed by atoms with Crippen LogP contribution in [-0.4, -0.2) is 99.1 Å². The van der Waals surface area contributed by atoms with E-state index >= 15 is 0 Å². The largest absolute Gasteiger partial charge is 0.351 e. The van der Waals surface area contributed by atoms with E-state index in [1.807, 2.05) is 0 Å². The van der Waals surface area contributed by atoms with Crippen molar-refractivity contribution in [3.05, 3.63) is 24.0 Å². The van der Waals surface area contributed by atoms with E-state index in [1.165, 1.54) is 6.92 Å². The van der Waals surface area contributed by atoms with E-state index in [0.29, 0.717) is 51.0 Å². The van der Waals surface area contributed by atoms with Crippen LogP contribution >= 0.6 is 0 Å². The number of amides is 5. The van der Waals surface area contributed by atoms with Gasteiger partial charge in [-0.25, -0.2) is 0 Å². The molecule has 0 aliphatic carbocycles. The number of hydrogen-bond acceptors (Lipinski definition) is 5. The van der Waals surface area contributed by atoms with E-state index in [4.69, 9.17) is 0 Å². The molecule has 0 bridgehead atoms. The molecule has 5 amide bonds. The summed E-state index contributed by atoms with van der Waals surface area (Å²) in [6.07, 6.45) is 3.86. The fraction of sp³-hybridized carbons (Fsp3) is 0.625. The highest BCUT2D eigenvalue weighted by atomic mass is 16.2. The molecule has 4 fully saturated rings. The summed E-state index contributed by atoms with van der Waals surface area (Å²) in [4.78, 5) is 69.1. The maximum atomic E-state index is 13.6. The van der Waals surface area contributed by atoms with Crippen LogP contribution in [0.15, 0.2) is 18.3 Å². The van der Waals surface area contributed by atoms with E-state index in [1.54, 1.807) is 44.6 Å². The van der Waals surface area contributed by atoms with Gasteiger partial charge in [-0.1, -0.05) is 0 Å². The first kappa shape index (κ1) is 23.4. The van der Waals surface area contributed by atoms with E-state index in [-0.39, 0.29) is 48.0 Å². The lowest BCUT2D eigenvalue weighted by molar-refractivity contribution is -0.138. The molecule has 0 unspecified atom stereocenters. The predicted molar refractivity (Wildman–Crippen MR) is 124 cm³/mol. The highest BCUT2D eigenvalue weighted by Gasteiger charge is 2.52. The number of aromatic nitrogens is 1. The molecule has 11 heteroatoms. The van der Waals surface area contributed by atoms with Crippen LogP contribution in [0.25, 0.3) is 0 Å². The Morgan fingerprint density at radius 3 is 2.49 bits per heavy atom. The quantitative estimate of drug-likeness (QED) is 0.575. The lowest BCUT2D eigenvalue weighted by atomic mass is 9.95. The summed E-state index contributed by atoms with van der Waals surface area (Å²) in [7, 11) is 1.78. The Bertz CT molecular complexity index is 1060. The number of aryl methyl sites for hydroxylation is 1. The zero-order valence-electron chi connectivity index (χ0n) is 20.1. The molecule has 11 nitrogen and oxygen atoms in total. The number of nitrogens with zero attached hydrogens (tertiary/aromatic N) is 4. The van der Waals surface area contributed by atoms with Crippen molar-refractivity contribution >= 4 is 29.5 Å². The topological polar surface area (TPSA) is 124 Å². The van der Waals surface area contributed by atoms with E-state index in [0.717, 1.165) is 0 Å². The molecule has 5 rings (SSSR count). The van der Waals surface area contributed by atoms with E-state index in [2.05, 4.69) is 10.6 Å². The Morgan fingerprint density at radius 1 is 1.09 bits per heavy atom. The molecule has 0 spiro atoms. The Labute approximate surface area is 203 Å². The van der Waals surface area contributed by atoms with Gasteiger partial charge in [-0.3, -0.25) is 24.0 Å². The molecule has 4 atom stereocenters. The second-order valence-corrected chi connectivity index (χ2v) is 10.1. The van der Waals surface area contributed by atoms with Gasteiger partial charge in [-0.2, -0.15) is 0 Å². The highest BCUT2D eigenvalue weighted by Crippen LogP contribution is 2.30. The summed E-state index contributed by atoms with van der Waals surface area (Å²) >= 11 is 0. The van der Waals surface area contributed by atoms with Gasteiger partial charge in [0.2, 0.25) is 23.6 Å². The average Bonchev–Trinajstić information content (AvgIpc) is 3.55. The summed E-state index contributed by atoms with van der Waals surface area (Å²) < 4.78 is 1.72. The van der Waals surface area contributed by atoms with Crippen LogP contribution in [0.2, 0.25) is 0 Å². The molecule has 1 aromatic heterocycles. The lowest BCUT2D eigenvalue weighted by Gasteiger charge is -2.31. The van der Waals surface area contributed by atoms with Crippen molar-refractivity contribution in [1.82, 2.24) is 29.9 Å². The summed E-state index contributed by atoms with van der Waals surface area (Å²) in [6.45, 7) is 3.28. The van der Waals surface area contributed by atoms with Crippen molar-refractivity contribution < 1.29 is 24.0 Å². The SMILES string of the molecule is CC(=O)N1CCC(C(=O)N[C@H]2C[C@@H]3C(=O)N[C@H]4CCN(C(=O)c5cccn5C)[C@@H]4C(=O)N3C2)CC1. The number of likely N-dealkylation sites (tertiary alicyclic amines) is 2. The smallest absolute Gasteiger partial charge is 0.271 e. The van der Waals surface area contributed by atoms with Gasteiger partial charge in [0.05, 0.1) is 6.04 Å². The van der Waals surface area contributed by atoms with E-state index < -0.39 is 18.1 Å². The van der Waals surface area contributed by atoms with Gasteiger partial charge >= 0.3 is 0 Å². The second-order valence-electron chi connectivity index (χ2n) is 10.1. The minimum atomic E-state index is -0.753. The molecule has 0 radical (unpaired) electrons. The fourth-order valence-electron chi connectivity index (χ4n) is 5.96. The van der Waals surface area contributed by atoms with Crippen molar-refractivity contribution in [3.63, 3.8) is 0 Å². The molecule has 1 aromatic rings. The molecule has 35 heavy (non-hydrogen) atoms. The number of hydrogen-bond donors (Lipinski definition) is 2. The Balaban J connectivity index is 1.26. The summed E-state index contributed by atoms with van der Waals surface area (Å²) in [5.74, 6) is -0.972. The first-order valence-corrected chi connectivity index (χ1v) is 12.3. The Morgan fingerprint density at radius 2 is 1.83 bits per heavy atom. The molecular weight excluding hydrogens is 452 g/mol. The fourth-order valence-corrected chi connectivity index (χ4v) is 5.96. The van der Waals surface area contributed by atoms with Crippen molar-refractivity contribution in [2.24, 2.45) is 13.0 Å². The van der Waals surface area contributed by atoms with Gasteiger partial charge in [-0.05, 0) is 37.8 Å². The number of fused-ring (bicyclic) bond motifs is 2. The number of carbonyl (C=O) groups is 5. The lowest BCUT2D eigenvalue weighted by Crippen LogP contribution is -2.53. The van der Waals surface area contributed by atoms with Crippen LogP contribution in [0.4, 0.5) is 0 Å². The molecular formula is C24H32N6O5. The Kier molecular flexibility index (Phi) is 6.02. The maximum Gasteiger partial charge on any atom is 0.271 e. The molecule has 0 saturated carbocycles. The van der Waals surface area contributed by atoms with Gasteiger partial charge in [-0.15, -0.1) is 0 Å². The molecule has 188 valence electrons. The van der Waals surface area contributed by atoms with Crippen LogP contribution < -0.4 is 10.6 Å². The normalized spacial score (nSPS) is 28.9. The third-order valence-electron chi connectivity index (χ3n) is 7.95. The van der Waals surface area contributed by atoms with Crippen molar-refractivity contribution in [2.45, 2.75) is 56.8 Å². The zero-order valence-corrected chi connectivity index (χ0v) is 20.1. The second kappa shape index (κ2) is 9.01. The zero-order chi connectivity index (χ0) is 24.9. The highest BCUT2D eigenvalue weighted by molar-refractivity contribution is 6.00. The van der Waals surface area contributed by atoms with Gasteiger partial charge in [0.25, 0.3) is 5.91 Å². The third-order valence-corrected chi connectivity index (χ3v) is 7.95. The molecule has 4 saturated heterocycles. The monoisotopic (exact) mass is 484 g/mol. The summed E-state index contributed by atoms with van der Waals surface area (Å²) in [6, 6.07) is 1.35. The van der Waals surface area contributed by atoms with E-state index in [9.17, 15) is 24.0 Å². The van der Waals surface area contributed by atoms with Crippen LogP contribution in [0.3, 0.4) is 0 Å². The molecule has 2 N–H and O–H groups in total. The number of piperidine rings is 1. The van der Waals surface area contributed by atoms with Crippen LogP contribution in [0.5, 0.6) is 0 Å². The van der Waals surface area contributed by atoms with Crippen molar-refractivity contribution in [1.29, 1.82) is 0 Å². The molecule has 0 aromatic carbocycles. The summed E-state index contributed by atoms with van der Waals surface area (Å²) in [5, 5.41) is 6.02. The van der Waals surface area contributed by atoms with Gasteiger partial charge in [0.1, 0.15) is 17.8 Å². The van der Waals surface area contributed by atoms with Crippen molar-refractivity contribution in [3.8, 4) is 0 Å². The number of rotatable bonds is 3. The first-order chi connectivity index (χ1) is 16.7. The standard InChI is InChI=1S/C24H32N6O5/c1-14(31)28-9-5-15(6-10-28)21(32)25-16-12-19-22(33)26-17-7-11-29(20(17)24(35)30(19)13-16)23(34)18-4-3-8-27(18)2/h3-4,8,15-17,19-20H,5-7,9-13H2,1-2H3,(H,25,32)(H,26,33)/t16-,17-,19+,20-/m0/s1. The maximum absolute atomic E-state index is 13.6. The molecule has 5 heterocycles. The number of carbonyl (C=O) groups excluding carboxylic acids is 5. The Hall–Kier alpha value is -3.37. The number of nitrogens with one attached hydrogen (secondary N) is 2. The van der Waals surface area contributed by atoms with Crippen molar-refractivity contribution in [2.75, 3.05) is 26.2 Å². The van der Waals surface area contributed by atoms with Gasteiger partial charge < -0.3 is 29.9 Å². The van der Waals surface area contributed by atoms with Crippen LogP contribution in [-0.2, 0) is 26.2 Å². The first-order valence-electron chi connectivity index (χ1n) is 12.3. The predicted octanol–water partition coefficient (Wildman–Crippen LogP) is -0.918. The minimum Gasteiger partial charge on any atom is -0.351 e. The summed E-state index contributed by atoms with van der Waals surface area (Å²) in [5.41, 5.74) is 0.493. The van der Waals surface area contributed by atoms with Gasteiger partial charge in [0.15, 0.2) is 0 Å². The molecule has 4 aliphatic heterocycles. The van der Waals surface area contributed by atoms with Crippen LogP contribution in [0.1, 0.15) is 43.1 Å². The van der Waals surface area contributed by atoms with Crippen LogP contribution in [0, 0.1) is 5.92 Å². The van der Waals surface area contributed by atoms with Gasteiger partial charge in [0, 0.05) is 58.3 Å². The minimum absolute atomic E-state index is 0.0157. The third kappa shape index (κ3) is 4.17.